The van der Waals surface area contributed by atoms with E-state index in [0.29, 0.717) is 12.3 Å². The average molecular weight is 584 g/mol. The van der Waals surface area contributed by atoms with Crippen molar-refractivity contribution in [2.24, 2.45) is 0 Å². The Hall–Kier alpha value is -3.20. The van der Waals surface area contributed by atoms with Crippen LogP contribution in [0.2, 0.25) is 0 Å². The molecule has 0 bridgehead atoms. The maximum absolute atomic E-state index is 12.6. The number of likely N-dealkylation sites (tertiary alicyclic amines) is 2. The van der Waals surface area contributed by atoms with Crippen LogP contribution in [0.4, 0.5) is 26.3 Å². The van der Waals surface area contributed by atoms with Crippen molar-refractivity contribution >= 4 is 29.2 Å². The summed E-state index contributed by atoms with van der Waals surface area (Å²) in [5.74, 6) is -5.19. The minimum Gasteiger partial charge on any atom is -0.475 e. The van der Waals surface area contributed by atoms with Crippen molar-refractivity contribution in [3.8, 4) is 0 Å². The van der Waals surface area contributed by atoms with Crippen molar-refractivity contribution in [1.82, 2.24) is 14.8 Å². The number of halogens is 6. The van der Waals surface area contributed by atoms with E-state index >= 15 is 0 Å². The zero-order valence-corrected chi connectivity index (χ0v) is 21.4. The Balaban J connectivity index is 0.000000317. The van der Waals surface area contributed by atoms with Gasteiger partial charge in [-0.15, -0.1) is 11.3 Å². The van der Waals surface area contributed by atoms with E-state index in [1.807, 2.05) is 35.9 Å². The minimum absolute atomic E-state index is 0.0601. The monoisotopic (exact) mass is 583 g/mol. The smallest absolute Gasteiger partial charge is 0.475 e. The molecule has 0 aliphatic carbocycles. The lowest BCUT2D eigenvalue weighted by Gasteiger charge is -2.38. The largest absolute Gasteiger partial charge is 0.490 e. The summed E-state index contributed by atoms with van der Waals surface area (Å²) in [6, 6.07) is 8.41. The normalized spacial score (nSPS) is 19.9. The Bertz CT molecular complexity index is 1060. The highest BCUT2D eigenvalue weighted by molar-refractivity contribution is 7.09. The van der Waals surface area contributed by atoms with Crippen molar-refractivity contribution in [3.63, 3.8) is 0 Å². The number of thiophene rings is 1. The number of aliphatic carboxylic acids is 2. The first-order valence-electron chi connectivity index (χ1n) is 11.7. The number of carbonyl (C=O) groups excluding carboxylic acids is 1. The van der Waals surface area contributed by atoms with Crippen LogP contribution in [0, 0.1) is 0 Å². The summed E-state index contributed by atoms with van der Waals surface area (Å²) < 4.78 is 63.5. The van der Waals surface area contributed by atoms with E-state index in [1.165, 1.54) is 16.9 Å². The van der Waals surface area contributed by atoms with Gasteiger partial charge in [-0.1, -0.05) is 6.07 Å². The molecule has 2 saturated heterocycles. The van der Waals surface area contributed by atoms with Crippen LogP contribution in [0.1, 0.15) is 42.5 Å². The van der Waals surface area contributed by atoms with Gasteiger partial charge in [-0.25, -0.2) is 9.59 Å². The van der Waals surface area contributed by atoms with Gasteiger partial charge in [0.15, 0.2) is 0 Å². The van der Waals surface area contributed by atoms with Crippen molar-refractivity contribution in [1.29, 1.82) is 0 Å². The standard InChI is InChI=1S/C20H25N3OS.2C2HF3O2/c24-19-4-8-20(23(19)15-17-5-10-21-11-6-17)7-2-12-22(13-9-20)16-18-3-1-14-25-18;2*3-2(4,5)1(6)7/h1,3,5-6,10-11,14H,2,4,7-9,12-13,15-16H2;2*(H,6,7). The second kappa shape index (κ2) is 13.7. The Morgan fingerprint density at radius 3 is 2.03 bits per heavy atom. The first-order valence-corrected chi connectivity index (χ1v) is 12.6. The van der Waals surface area contributed by atoms with E-state index in [4.69, 9.17) is 19.8 Å². The third kappa shape index (κ3) is 10.1. The van der Waals surface area contributed by atoms with Crippen molar-refractivity contribution in [2.45, 2.75) is 63.1 Å². The summed E-state index contributed by atoms with van der Waals surface area (Å²) in [4.78, 5) is 40.7. The average Bonchev–Trinajstić information content (AvgIpc) is 3.40. The Morgan fingerprint density at radius 1 is 0.923 bits per heavy atom. The SMILES string of the molecule is O=C(O)C(F)(F)F.O=C(O)C(F)(F)F.O=C1CCC2(CCCN(Cc3cccs3)CC2)N1Cc1ccncc1. The number of alkyl halides is 6. The number of nitrogens with zero attached hydrogens (tertiary/aromatic N) is 3. The van der Waals surface area contributed by atoms with Gasteiger partial charge in [-0.3, -0.25) is 14.7 Å². The fourth-order valence-electron chi connectivity index (χ4n) is 4.34. The lowest BCUT2D eigenvalue weighted by atomic mass is 9.87. The van der Waals surface area contributed by atoms with Crippen LogP contribution >= 0.6 is 11.3 Å². The maximum Gasteiger partial charge on any atom is 0.490 e. The second-order valence-corrected chi connectivity index (χ2v) is 9.91. The molecule has 15 heteroatoms. The van der Waals surface area contributed by atoms with Crippen LogP contribution in [0.5, 0.6) is 0 Å². The molecule has 1 unspecified atom stereocenters. The Labute approximate surface area is 223 Å². The van der Waals surface area contributed by atoms with Crippen LogP contribution in [-0.4, -0.2) is 73.8 Å². The zero-order valence-electron chi connectivity index (χ0n) is 20.5. The number of amides is 1. The molecule has 2 N–H and O–H groups in total. The molecule has 0 saturated carbocycles. The number of aromatic nitrogens is 1. The lowest BCUT2D eigenvalue weighted by molar-refractivity contribution is -0.193. The highest BCUT2D eigenvalue weighted by Gasteiger charge is 2.45. The summed E-state index contributed by atoms with van der Waals surface area (Å²) >= 11 is 1.84. The number of rotatable bonds is 4. The van der Waals surface area contributed by atoms with Crippen molar-refractivity contribution < 1.29 is 50.9 Å². The van der Waals surface area contributed by atoms with Gasteiger partial charge in [0.2, 0.25) is 5.91 Å². The number of carboxylic acid groups (broad SMARTS) is 2. The van der Waals surface area contributed by atoms with Crippen LogP contribution in [0.3, 0.4) is 0 Å². The van der Waals surface area contributed by atoms with Gasteiger partial charge in [-0.05, 0) is 61.4 Å². The predicted molar refractivity (Wildman–Crippen MR) is 128 cm³/mol. The first kappa shape index (κ1) is 32.0. The Kier molecular flexibility index (Phi) is 11.3. The van der Waals surface area contributed by atoms with E-state index in [9.17, 15) is 31.1 Å². The van der Waals surface area contributed by atoms with Gasteiger partial charge in [0.25, 0.3) is 0 Å². The molecular weight excluding hydrogens is 556 g/mol. The topological polar surface area (TPSA) is 111 Å². The molecule has 216 valence electrons. The lowest BCUT2D eigenvalue weighted by Crippen LogP contribution is -2.45. The molecule has 2 aromatic heterocycles. The highest BCUT2D eigenvalue weighted by atomic mass is 32.1. The third-order valence-electron chi connectivity index (χ3n) is 6.22. The molecule has 4 heterocycles. The van der Waals surface area contributed by atoms with Gasteiger partial charge in [0.1, 0.15) is 0 Å². The summed E-state index contributed by atoms with van der Waals surface area (Å²) in [5.41, 5.74) is 1.24. The fourth-order valence-corrected chi connectivity index (χ4v) is 5.08. The number of carboxylic acids is 2. The first-order chi connectivity index (χ1) is 18.1. The van der Waals surface area contributed by atoms with Gasteiger partial charge in [0.05, 0.1) is 0 Å². The van der Waals surface area contributed by atoms with Crippen molar-refractivity contribution in [3.05, 3.63) is 52.5 Å². The van der Waals surface area contributed by atoms with Crippen LogP contribution in [0.25, 0.3) is 0 Å². The quantitative estimate of drug-likeness (QED) is 0.490. The van der Waals surface area contributed by atoms with Gasteiger partial charge in [-0.2, -0.15) is 26.3 Å². The van der Waals surface area contributed by atoms with E-state index in [1.54, 1.807) is 0 Å². The summed E-state index contributed by atoms with van der Waals surface area (Å²) in [5, 5.41) is 16.4. The molecule has 2 fully saturated rings. The van der Waals surface area contributed by atoms with Crippen LogP contribution in [-0.2, 0) is 27.5 Å². The van der Waals surface area contributed by atoms with Gasteiger partial charge < -0.3 is 15.1 Å². The van der Waals surface area contributed by atoms with Gasteiger partial charge >= 0.3 is 24.3 Å². The van der Waals surface area contributed by atoms with Crippen LogP contribution in [0.15, 0.2) is 42.0 Å². The molecule has 0 aromatic carbocycles. The Morgan fingerprint density at radius 2 is 1.51 bits per heavy atom. The molecule has 39 heavy (non-hydrogen) atoms. The van der Waals surface area contributed by atoms with E-state index in [2.05, 4.69) is 32.3 Å². The summed E-state index contributed by atoms with van der Waals surface area (Å²) in [7, 11) is 0. The number of hydrogen-bond acceptors (Lipinski definition) is 6. The van der Waals surface area contributed by atoms with Crippen molar-refractivity contribution in [2.75, 3.05) is 13.1 Å². The summed E-state index contributed by atoms with van der Waals surface area (Å²) in [6.07, 6.45) is -1.41. The summed E-state index contributed by atoms with van der Waals surface area (Å²) in [6.45, 7) is 3.99. The molecule has 2 aliphatic rings. The molecule has 1 atom stereocenters. The molecule has 1 amide bonds. The molecule has 0 radical (unpaired) electrons. The van der Waals surface area contributed by atoms with E-state index in [-0.39, 0.29) is 5.54 Å². The molecule has 2 aromatic rings. The second-order valence-electron chi connectivity index (χ2n) is 8.87. The maximum atomic E-state index is 12.6. The minimum atomic E-state index is -5.08. The van der Waals surface area contributed by atoms with Gasteiger partial charge in [0, 0.05) is 48.9 Å². The number of carbonyl (C=O) groups is 3. The predicted octanol–water partition coefficient (Wildman–Crippen LogP) is 4.96. The molecule has 1 spiro atoms. The zero-order chi connectivity index (χ0) is 29.3. The molecular formula is C24H27F6N3O5S. The number of hydrogen-bond donors (Lipinski definition) is 2. The molecule has 4 rings (SSSR count). The van der Waals surface area contributed by atoms with E-state index < -0.39 is 24.3 Å². The third-order valence-corrected chi connectivity index (χ3v) is 7.08. The highest BCUT2D eigenvalue weighted by Crippen LogP contribution is 2.40. The van der Waals surface area contributed by atoms with E-state index in [0.717, 1.165) is 45.4 Å². The number of pyridine rings is 1. The fraction of sp³-hybridized carbons (Fsp3) is 0.500. The molecule has 2 aliphatic heterocycles. The van der Waals surface area contributed by atoms with Crippen LogP contribution < -0.4 is 0 Å². The molecule has 8 nitrogen and oxygen atoms in total.